The lowest BCUT2D eigenvalue weighted by atomic mass is 10.2. The fraction of sp³-hybridized carbons (Fsp3) is 0.526. The number of amides is 1. The molecule has 2 aliphatic heterocycles. The fourth-order valence-corrected chi connectivity index (χ4v) is 6.21. The normalized spacial score (nSPS) is 19.4. The van der Waals surface area contributed by atoms with Crippen molar-refractivity contribution in [1.29, 1.82) is 0 Å². The largest absolute Gasteiger partial charge is 0.455 e. The van der Waals surface area contributed by atoms with Crippen LogP contribution < -0.4 is 0 Å². The van der Waals surface area contributed by atoms with Gasteiger partial charge in [-0.2, -0.15) is 4.31 Å². The Balaban J connectivity index is 1.42. The van der Waals surface area contributed by atoms with Crippen molar-refractivity contribution in [3.8, 4) is 0 Å². The molecule has 0 aliphatic carbocycles. The monoisotopic (exact) mass is 423 g/mol. The van der Waals surface area contributed by atoms with Crippen LogP contribution in [-0.4, -0.2) is 67.7 Å². The van der Waals surface area contributed by atoms with E-state index in [0.29, 0.717) is 26.2 Å². The zero-order valence-corrected chi connectivity index (χ0v) is 17.6. The van der Waals surface area contributed by atoms with Gasteiger partial charge in [-0.1, -0.05) is 6.07 Å². The molecule has 0 saturated carbocycles. The molecule has 0 spiro atoms. The molecule has 2 saturated heterocycles. The molecule has 2 aromatic heterocycles. The maximum absolute atomic E-state index is 12.8. The van der Waals surface area contributed by atoms with Crippen LogP contribution in [0.4, 0.5) is 0 Å². The van der Waals surface area contributed by atoms with Crippen molar-refractivity contribution in [2.45, 2.75) is 31.2 Å². The van der Waals surface area contributed by atoms with Gasteiger partial charge in [0, 0.05) is 56.8 Å². The molecule has 7 nitrogen and oxygen atoms in total. The van der Waals surface area contributed by atoms with Crippen molar-refractivity contribution < 1.29 is 17.6 Å². The maximum Gasteiger partial charge on any atom is 0.289 e. The van der Waals surface area contributed by atoms with Crippen LogP contribution in [0, 0.1) is 6.92 Å². The lowest BCUT2D eigenvalue weighted by Crippen LogP contribution is -2.48. The number of piperazine rings is 1. The zero-order chi connectivity index (χ0) is 19.7. The van der Waals surface area contributed by atoms with Gasteiger partial charge in [-0.25, -0.2) is 8.42 Å². The number of furan rings is 1. The molecular weight excluding hydrogens is 398 g/mol. The Hall–Kier alpha value is -1.68. The van der Waals surface area contributed by atoms with E-state index in [1.165, 1.54) is 15.2 Å². The second-order valence-electron chi connectivity index (χ2n) is 7.29. The van der Waals surface area contributed by atoms with E-state index in [-0.39, 0.29) is 22.3 Å². The molecule has 1 amide bonds. The van der Waals surface area contributed by atoms with E-state index in [1.54, 1.807) is 23.2 Å². The van der Waals surface area contributed by atoms with Gasteiger partial charge < -0.3 is 9.32 Å². The number of carbonyl (C=O) groups is 1. The molecule has 0 unspecified atom stereocenters. The summed E-state index contributed by atoms with van der Waals surface area (Å²) < 4.78 is 32.6. The highest BCUT2D eigenvalue weighted by Gasteiger charge is 2.33. The predicted octanol–water partition coefficient (Wildman–Crippen LogP) is 2.39. The average Bonchev–Trinajstić information content (AvgIpc) is 3.44. The smallest absolute Gasteiger partial charge is 0.289 e. The lowest BCUT2D eigenvalue weighted by Gasteiger charge is -2.34. The summed E-state index contributed by atoms with van der Waals surface area (Å²) in [7, 11) is -3.59. The van der Waals surface area contributed by atoms with E-state index in [4.69, 9.17) is 4.42 Å². The van der Waals surface area contributed by atoms with Crippen molar-refractivity contribution in [3.05, 3.63) is 40.0 Å². The van der Waals surface area contributed by atoms with Crippen molar-refractivity contribution >= 4 is 27.3 Å². The van der Waals surface area contributed by atoms with Gasteiger partial charge in [0.05, 0.1) is 0 Å². The molecule has 0 aromatic carbocycles. The fourth-order valence-electron chi connectivity index (χ4n) is 3.78. The van der Waals surface area contributed by atoms with E-state index < -0.39 is 10.0 Å². The van der Waals surface area contributed by atoms with Gasteiger partial charge in [0.2, 0.25) is 10.0 Å². The zero-order valence-electron chi connectivity index (χ0n) is 16.0. The molecule has 2 aliphatic rings. The lowest BCUT2D eigenvalue weighted by molar-refractivity contribution is 0.0597. The van der Waals surface area contributed by atoms with E-state index in [9.17, 15) is 13.2 Å². The summed E-state index contributed by atoms with van der Waals surface area (Å²) in [6.07, 6.45) is 1.75. The van der Waals surface area contributed by atoms with Gasteiger partial charge in [0.25, 0.3) is 5.91 Å². The van der Waals surface area contributed by atoms with Crippen LogP contribution in [0.1, 0.15) is 34.0 Å². The first kappa shape index (κ1) is 19.6. The molecule has 0 N–H and O–H groups in total. The van der Waals surface area contributed by atoms with Gasteiger partial charge in [0.1, 0.15) is 10.7 Å². The van der Waals surface area contributed by atoms with Gasteiger partial charge >= 0.3 is 0 Å². The Labute approximate surface area is 169 Å². The predicted molar refractivity (Wildman–Crippen MR) is 107 cm³/mol. The molecule has 2 aromatic rings. The molecule has 4 rings (SSSR count). The Morgan fingerprint density at radius 1 is 1.14 bits per heavy atom. The highest BCUT2D eigenvalue weighted by atomic mass is 32.2. The number of hydrogen-bond donors (Lipinski definition) is 0. The summed E-state index contributed by atoms with van der Waals surface area (Å²) >= 11 is 1.74. The van der Waals surface area contributed by atoms with Crippen LogP contribution in [0.5, 0.6) is 0 Å². The summed E-state index contributed by atoms with van der Waals surface area (Å²) in [6, 6.07) is 5.58. The Morgan fingerprint density at radius 2 is 1.86 bits per heavy atom. The number of aryl methyl sites for hydroxylation is 1. The number of sulfonamides is 1. The van der Waals surface area contributed by atoms with Gasteiger partial charge in [0.15, 0.2) is 5.76 Å². The number of thiophene rings is 1. The van der Waals surface area contributed by atoms with Crippen molar-refractivity contribution in [2.24, 2.45) is 0 Å². The minimum Gasteiger partial charge on any atom is -0.455 e. The number of nitrogens with zero attached hydrogens (tertiary/aromatic N) is 3. The van der Waals surface area contributed by atoms with Gasteiger partial charge in [-0.3, -0.25) is 9.69 Å². The first-order valence-corrected chi connectivity index (χ1v) is 11.9. The van der Waals surface area contributed by atoms with Crippen molar-refractivity contribution in [2.75, 3.05) is 39.3 Å². The molecule has 0 radical (unpaired) electrons. The van der Waals surface area contributed by atoms with Crippen LogP contribution in [-0.2, 0) is 16.6 Å². The SMILES string of the molecule is Cc1oc(C(=O)N2CCN(Cc3cccs3)CC2)cc1S(=O)(=O)N1CCCC1. The summed E-state index contributed by atoms with van der Waals surface area (Å²) in [4.78, 5) is 18.4. The molecule has 0 bridgehead atoms. The highest BCUT2D eigenvalue weighted by Crippen LogP contribution is 2.27. The molecule has 9 heteroatoms. The summed E-state index contributed by atoms with van der Waals surface area (Å²) in [6.45, 7) is 6.38. The third-order valence-corrected chi connectivity index (χ3v) is 8.25. The highest BCUT2D eigenvalue weighted by molar-refractivity contribution is 7.89. The minimum absolute atomic E-state index is 0.113. The van der Waals surface area contributed by atoms with Crippen molar-refractivity contribution in [1.82, 2.24) is 14.1 Å². The van der Waals surface area contributed by atoms with Gasteiger partial charge in [-0.05, 0) is 31.2 Å². The van der Waals surface area contributed by atoms with Gasteiger partial charge in [-0.15, -0.1) is 11.3 Å². The van der Waals surface area contributed by atoms with E-state index in [2.05, 4.69) is 16.3 Å². The quantitative estimate of drug-likeness (QED) is 0.738. The molecule has 152 valence electrons. The van der Waals surface area contributed by atoms with E-state index in [1.807, 2.05) is 6.07 Å². The maximum atomic E-state index is 12.8. The standard InChI is InChI=1S/C19H25N3O4S2/c1-15-18(28(24,25)22-6-2-3-7-22)13-17(26-15)19(23)21-10-8-20(9-11-21)14-16-5-4-12-27-16/h4-5,12-13H,2-3,6-11,14H2,1H3. The second kappa shape index (κ2) is 7.98. The average molecular weight is 424 g/mol. The topological polar surface area (TPSA) is 74.1 Å². The van der Waals surface area contributed by atoms with Crippen LogP contribution in [0.25, 0.3) is 0 Å². The number of carbonyl (C=O) groups excluding carboxylic acids is 1. The summed E-state index contributed by atoms with van der Waals surface area (Å²) in [5.41, 5.74) is 0. The Morgan fingerprint density at radius 3 is 2.50 bits per heavy atom. The summed E-state index contributed by atoms with van der Waals surface area (Å²) in [5.74, 6) is 0.162. The first-order valence-electron chi connectivity index (χ1n) is 9.60. The molecule has 2 fully saturated rings. The summed E-state index contributed by atoms with van der Waals surface area (Å²) in [5, 5.41) is 2.07. The third-order valence-electron chi connectivity index (χ3n) is 5.38. The Kier molecular flexibility index (Phi) is 5.59. The van der Waals surface area contributed by atoms with E-state index >= 15 is 0 Å². The number of rotatable bonds is 5. The Bertz CT molecular complexity index is 923. The minimum atomic E-state index is -3.59. The number of hydrogen-bond acceptors (Lipinski definition) is 6. The van der Waals surface area contributed by atoms with Crippen LogP contribution in [0.3, 0.4) is 0 Å². The molecule has 28 heavy (non-hydrogen) atoms. The third kappa shape index (κ3) is 3.89. The van der Waals surface area contributed by atoms with Crippen LogP contribution in [0.15, 0.2) is 32.9 Å². The second-order valence-corrected chi connectivity index (χ2v) is 10.2. The van der Waals surface area contributed by atoms with E-state index in [0.717, 1.165) is 32.5 Å². The molecular formula is C19H25N3O4S2. The molecule has 0 atom stereocenters. The van der Waals surface area contributed by atoms with Crippen LogP contribution in [0.2, 0.25) is 0 Å². The molecule has 4 heterocycles. The van der Waals surface area contributed by atoms with Crippen molar-refractivity contribution in [3.63, 3.8) is 0 Å². The first-order chi connectivity index (χ1) is 13.4. The van der Waals surface area contributed by atoms with Crippen LogP contribution >= 0.6 is 11.3 Å².